The van der Waals surface area contributed by atoms with Gasteiger partial charge in [0.2, 0.25) is 10.0 Å². The molecule has 0 aliphatic rings. The van der Waals surface area contributed by atoms with Gasteiger partial charge in [0, 0.05) is 12.1 Å². The van der Waals surface area contributed by atoms with Crippen molar-refractivity contribution in [3.8, 4) is 0 Å². The summed E-state index contributed by atoms with van der Waals surface area (Å²) in [7, 11) is -3.81. The highest BCUT2D eigenvalue weighted by Gasteiger charge is 2.30. The number of sulfonamides is 1. The Morgan fingerprint density at radius 3 is 2.48 bits per heavy atom. The van der Waals surface area contributed by atoms with Gasteiger partial charge in [0.15, 0.2) is 0 Å². The summed E-state index contributed by atoms with van der Waals surface area (Å²) in [6.07, 6.45) is -3.14. The Bertz CT molecular complexity index is 944. The lowest BCUT2D eigenvalue weighted by atomic mass is 10.2. The van der Waals surface area contributed by atoms with E-state index in [-0.39, 0.29) is 22.7 Å². The number of benzene rings is 2. The molecule has 0 unspecified atom stereocenters. The van der Waals surface area contributed by atoms with Gasteiger partial charge in [-0.05, 0) is 36.4 Å². The fourth-order valence-electron chi connectivity index (χ4n) is 2.03. The van der Waals surface area contributed by atoms with Crippen LogP contribution in [0.2, 0.25) is 0 Å². The number of carbonyl (C=O) groups excluding carboxylic acids is 1. The van der Waals surface area contributed by atoms with Gasteiger partial charge in [-0.25, -0.2) is 13.1 Å². The number of rotatable bonds is 7. The smallest absolute Gasteiger partial charge is 0.298 e. The van der Waals surface area contributed by atoms with E-state index in [0.29, 0.717) is 0 Å². The zero-order valence-electron chi connectivity index (χ0n) is 13.9. The van der Waals surface area contributed by atoms with E-state index < -0.39 is 27.7 Å². The second-order valence-electron chi connectivity index (χ2n) is 5.33. The van der Waals surface area contributed by atoms with Crippen LogP contribution in [0.15, 0.2) is 66.1 Å². The highest BCUT2D eigenvalue weighted by Crippen LogP contribution is 2.30. The van der Waals surface area contributed by atoms with E-state index in [1.165, 1.54) is 36.4 Å². The van der Waals surface area contributed by atoms with Gasteiger partial charge < -0.3 is 0 Å². The molecule has 0 aliphatic carbocycles. The molecule has 27 heavy (non-hydrogen) atoms. The number of hydrazine groups is 1. The average Bonchev–Trinajstić information content (AvgIpc) is 2.64. The van der Waals surface area contributed by atoms with Crippen molar-refractivity contribution in [2.24, 2.45) is 0 Å². The lowest BCUT2D eigenvalue weighted by molar-refractivity contribution is -0.137. The van der Waals surface area contributed by atoms with Crippen LogP contribution in [0.4, 0.5) is 18.9 Å². The molecule has 0 aromatic heterocycles. The molecule has 1 amide bonds. The van der Waals surface area contributed by atoms with E-state index in [2.05, 4.69) is 22.2 Å². The maximum Gasteiger partial charge on any atom is 0.416 e. The van der Waals surface area contributed by atoms with Crippen LogP contribution in [0.3, 0.4) is 0 Å². The summed E-state index contributed by atoms with van der Waals surface area (Å²) in [5, 5.41) is 0. The van der Waals surface area contributed by atoms with Gasteiger partial charge >= 0.3 is 6.18 Å². The van der Waals surface area contributed by atoms with Crippen LogP contribution in [0.25, 0.3) is 0 Å². The summed E-state index contributed by atoms with van der Waals surface area (Å²) in [6.45, 7) is 3.43. The first-order chi connectivity index (χ1) is 12.6. The molecule has 3 N–H and O–H groups in total. The quantitative estimate of drug-likeness (QED) is 0.494. The molecule has 0 spiro atoms. The van der Waals surface area contributed by atoms with Crippen molar-refractivity contribution in [2.45, 2.75) is 11.1 Å². The minimum atomic E-state index is -4.51. The van der Waals surface area contributed by atoms with E-state index in [9.17, 15) is 26.4 Å². The van der Waals surface area contributed by atoms with Crippen LogP contribution in [0, 0.1) is 0 Å². The van der Waals surface area contributed by atoms with Crippen LogP contribution < -0.4 is 15.6 Å². The number of anilines is 1. The highest BCUT2D eigenvalue weighted by molar-refractivity contribution is 7.89. The lowest BCUT2D eigenvalue weighted by Gasteiger charge is -2.12. The maximum atomic E-state index is 12.7. The minimum Gasteiger partial charge on any atom is -0.298 e. The van der Waals surface area contributed by atoms with Crippen molar-refractivity contribution in [2.75, 3.05) is 12.0 Å². The predicted molar refractivity (Wildman–Crippen MR) is 94.4 cm³/mol. The standard InChI is InChI=1S/C17H16F3N3O3S/c1-2-9-21-27(25,26)15-8-3-5-12(10-15)16(24)23-22-14-7-4-6-13(11-14)17(18,19)20/h2-8,10-11,21-22H,1,9H2,(H,23,24). The van der Waals surface area contributed by atoms with Crippen molar-refractivity contribution in [3.05, 3.63) is 72.3 Å². The molecule has 144 valence electrons. The van der Waals surface area contributed by atoms with Crippen LogP contribution in [-0.2, 0) is 16.2 Å². The van der Waals surface area contributed by atoms with Crippen LogP contribution in [0.1, 0.15) is 15.9 Å². The number of nitrogens with one attached hydrogen (secondary N) is 3. The number of amides is 1. The van der Waals surface area contributed by atoms with E-state index >= 15 is 0 Å². The molecule has 6 nitrogen and oxygen atoms in total. The largest absolute Gasteiger partial charge is 0.416 e. The van der Waals surface area contributed by atoms with E-state index in [4.69, 9.17) is 0 Å². The predicted octanol–water partition coefficient (Wildman–Crippen LogP) is 2.93. The third-order valence-electron chi connectivity index (χ3n) is 3.33. The Labute approximate surface area is 154 Å². The molecule has 0 aliphatic heterocycles. The van der Waals surface area contributed by atoms with Gasteiger partial charge in [0.05, 0.1) is 16.1 Å². The fourth-order valence-corrected chi connectivity index (χ4v) is 3.07. The van der Waals surface area contributed by atoms with Gasteiger partial charge in [-0.3, -0.25) is 15.6 Å². The average molecular weight is 399 g/mol. The molecule has 0 fully saturated rings. The van der Waals surface area contributed by atoms with Crippen LogP contribution in [0.5, 0.6) is 0 Å². The summed E-state index contributed by atoms with van der Waals surface area (Å²) >= 11 is 0. The van der Waals surface area contributed by atoms with Crippen molar-refractivity contribution >= 4 is 21.6 Å². The summed E-state index contributed by atoms with van der Waals surface area (Å²) in [5.41, 5.74) is 3.76. The first kappa shape index (κ1) is 20.5. The van der Waals surface area contributed by atoms with Crippen molar-refractivity contribution in [1.82, 2.24) is 10.1 Å². The number of hydrogen-bond acceptors (Lipinski definition) is 4. The zero-order valence-corrected chi connectivity index (χ0v) is 14.7. The molecule has 2 aromatic carbocycles. The summed E-state index contributed by atoms with van der Waals surface area (Å²) in [6, 6.07) is 9.47. The van der Waals surface area contributed by atoms with Crippen LogP contribution >= 0.6 is 0 Å². The SMILES string of the molecule is C=CCNS(=O)(=O)c1cccc(C(=O)NNc2cccc(C(F)(F)F)c2)c1. The van der Waals surface area contributed by atoms with Gasteiger partial charge in [0.25, 0.3) is 5.91 Å². The molecule has 0 saturated carbocycles. The Hall–Kier alpha value is -2.85. The summed E-state index contributed by atoms with van der Waals surface area (Å²) in [5.74, 6) is -0.715. The first-order valence-electron chi connectivity index (χ1n) is 7.58. The molecular weight excluding hydrogens is 383 g/mol. The fraction of sp³-hybridized carbons (Fsp3) is 0.118. The third kappa shape index (κ3) is 5.56. The van der Waals surface area contributed by atoms with Gasteiger partial charge in [-0.15, -0.1) is 6.58 Å². The summed E-state index contributed by atoms with van der Waals surface area (Å²) < 4.78 is 64.5. The molecule has 0 atom stereocenters. The molecule has 0 radical (unpaired) electrons. The first-order valence-corrected chi connectivity index (χ1v) is 9.06. The maximum absolute atomic E-state index is 12.7. The van der Waals surface area contributed by atoms with Crippen molar-refractivity contribution in [3.63, 3.8) is 0 Å². The van der Waals surface area contributed by atoms with Gasteiger partial charge in [-0.2, -0.15) is 13.2 Å². The normalized spacial score (nSPS) is 11.7. The Morgan fingerprint density at radius 1 is 1.11 bits per heavy atom. The number of alkyl halides is 3. The van der Waals surface area contributed by atoms with E-state index in [1.54, 1.807) is 0 Å². The topological polar surface area (TPSA) is 87.3 Å². The molecule has 2 rings (SSSR count). The van der Waals surface area contributed by atoms with Gasteiger partial charge in [-0.1, -0.05) is 18.2 Å². The molecular formula is C17H16F3N3O3S. The van der Waals surface area contributed by atoms with E-state index in [1.807, 2.05) is 0 Å². The molecule has 0 bridgehead atoms. The molecule has 0 saturated heterocycles. The third-order valence-corrected chi connectivity index (χ3v) is 4.76. The van der Waals surface area contributed by atoms with Crippen molar-refractivity contribution in [1.29, 1.82) is 0 Å². The second kappa shape index (κ2) is 8.23. The Kier molecular flexibility index (Phi) is 6.24. The molecule has 0 heterocycles. The Morgan fingerprint density at radius 2 is 1.81 bits per heavy atom. The second-order valence-corrected chi connectivity index (χ2v) is 7.09. The lowest BCUT2D eigenvalue weighted by Crippen LogP contribution is -2.30. The molecule has 2 aromatic rings. The van der Waals surface area contributed by atoms with Crippen LogP contribution in [-0.4, -0.2) is 20.9 Å². The zero-order chi connectivity index (χ0) is 20.1. The number of hydrogen-bond donors (Lipinski definition) is 3. The highest BCUT2D eigenvalue weighted by atomic mass is 32.2. The monoisotopic (exact) mass is 399 g/mol. The van der Waals surface area contributed by atoms with E-state index in [0.717, 1.165) is 18.2 Å². The number of carbonyl (C=O) groups is 1. The number of halogens is 3. The minimum absolute atomic E-state index is 0.0101. The Balaban J connectivity index is 2.11. The van der Waals surface area contributed by atoms with Crippen molar-refractivity contribution < 1.29 is 26.4 Å². The molecule has 10 heteroatoms. The summed E-state index contributed by atoms with van der Waals surface area (Å²) in [4.78, 5) is 12.0. The van der Waals surface area contributed by atoms with Gasteiger partial charge in [0.1, 0.15) is 0 Å².